The van der Waals surface area contributed by atoms with Gasteiger partial charge in [-0.25, -0.2) is 9.37 Å². The van der Waals surface area contributed by atoms with Crippen LogP contribution in [0.25, 0.3) is 33.3 Å². The van der Waals surface area contributed by atoms with Crippen LogP contribution in [0.3, 0.4) is 0 Å². The van der Waals surface area contributed by atoms with Crippen molar-refractivity contribution >= 4 is 21.9 Å². The number of fused-ring (bicyclic) bond motifs is 2. The molecule has 92 valence electrons. The molecule has 0 spiro atoms. The Bertz CT molecular complexity index is 889. The number of nitrogens with zero attached hydrogens (tertiary/aromatic N) is 1. The molecule has 4 aromatic rings. The van der Waals surface area contributed by atoms with Gasteiger partial charge in [-0.05, 0) is 30.3 Å². The second-order valence-electron chi connectivity index (χ2n) is 4.49. The van der Waals surface area contributed by atoms with E-state index in [2.05, 4.69) is 15.0 Å². The summed E-state index contributed by atoms with van der Waals surface area (Å²) < 4.78 is 13.2. The minimum absolute atomic E-state index is 0.262. The molecule has 0 atom stereocenters. The molecule has 0 unspecified atom stereocenters. The standard InChI is InChI=1S/C15H10FN3/c16-9-4-5-13-14(8-9)19-15(18-13)11-2-1-3-12-10(11)6-7-17-12/h1-8,17H,(H,18,19). The van der Waals surface area contributed by atoms with Crippen LogP contribution in [0, 0.1) is 5.82 Å². The van der Waals surface area contributed by atoms with Crippen LogP contribution in [0.1, 0.15) is 0 Å². The van der Waals surface area contributed by atoms with Gasteiger partial charge in [0.05, 0.1) is 11.0 Å². The van der Waals surface area contributed by atoms with Gasteiger partial charge in [0, 0.05) is 22.7 Å². The van der Waals surface area contributed by atoms with Crippen molar-refractivity contribution in [2.45, 2.75) is 0 Å². The van der Waals surface area contributed by atoms with E-state index in [4.69, 9.17) is 0 Å². The fraction of sp³-hybridized carbons (Fsp3) is 0. The number of imidazole rings is 1. The van der Waals surface area contributed by atoms with E-state index in [-0.39, 0.29) is 5.82 Å². The first kappa shape index (κ1) is 10.3. The lowest BCUT2D eigenvalue weighted by molar-refractivity contribution is 0.629. The monoisotopic (exact) mass is 251 g/mol. The van der Waals surface area contributed by atoms with Gasteiger partial charge in [0.25, 0.3) is 0 Å². The van der Waals surface area contributed by atoms with Gasteiger partial charge in [0.1, 0.15) is 11.6 Å². The van der Waals surface area contributed by atoms with Crippen molar-refractivity contribution in [2.24, 2.45) is 0 Å². The molecule has 0 aliphatic carbocycles. The molecule has 2 aromatic carbocycles. The van der Waals surface area contributed by atoms with Crippen molar-refractivity contribution in [1.82, 2.24) is 15.0 Å². The maximum atomic E-state index is 13.2. The molecule has 0 fully saturated rings. The quantitative estimate of drug-likeness (QED) is 0.530. The average molecular weight is 251 g/mol. The molecule has 4 rings (SSSR count). The first-order chi connectivity index (χ1) is 9.31. The molecule has 0 amide bonds. The summed E-state index contributed by atoms with van der Waals surface area (Å²) >= 11 is 0. The fourth-order valence-corrected chi connectivity index (χ4v) is 2.40. The van der Waals surface area contributed by atoms with E-state index in [9.17, 15) is 4.39 Å². The number of hydrogen-bond acceptors (Lipinski definition) is 1. The lowest BCUT2D eigenvalue weighted by atomic mass is 10.1. The van der Waals surface area contributed by atoms with Crippen LogP contribution < -0.4 is 0 Å². The third-order valence-electron chi connectivity index (χ3n) is 3.29. The summed E-state index contributed by atoms with van der Waals surface area (Å²) in [4.78, 5) is 10.9. The minimum atomic E-state index is -0.262. The molecular weight excluding hydrogens is 241 g/mol. The topological polar surface area (TPSA) is 44.5 Å². The van der Waals surface area contributed by atoms with Crippen LogP contribution >= 0.6 is 0 Å². The van der Waals surface area contributed by atoms with Crippen LogP contribution in [-0.2, 0) is 0 Å². The van der Waals surface area contributed by atoms with Crippen LogP contribution in [0.4, 0.5) is 4.39 Å². The van der Waals surface area contributed by atoms with E-state index in [0.717, 1.165) is 27.8 Å². The zero-order chi connectivity index (χ0) is 12.8. The van der Waals surface area contributed by atoms with E-state index in [1.165, 1.54) is 12.1 Å². The molecule has 2 N–H and O–H groups in total. The fourth-order valence-electron chi connectivity index (χ4n) is 2.40. The highest BCUT2D eigenvalue weighted by atomic mass is 19.1. The number of rotatable bonds is 1. The molecule has 2 heterocycles. The number of aromatic nitrogens is 3. The van der Waals surface area contributed by atoms with E-state index >= 15 is 0 Å². The SMILES string of the molecule is Fc1ccc2nc(-c3cccc4[nH]ccc34)[nH]c2c1. The van der Waals surface area contributed by atoms with E-state index in [0.29, 0.717) is 5.52 Å². The van der Waals surface area contributed by atoms with Crippen molar-refractivity contribution in [3.63, 3.8) is 0 Å². The molecular formula is C15H10FN3. The van der Waals surface area contributed by atoms with Crippen LogP contribution in [0.15, 0.2) is 48.7 Å². The van der Waals surface area contributed by atoms with Gasteiger partial charge in [-0.3, -0.25) is 0 Å². The number of nitrogens with one attached hydrogen (secondary N) is 2. The van der Waals surface area contributed by atoms with Crippen molar-refractivity contribution < 1.29 is 4.39 Å². The lowest BCUT2D eigenvalue weighted by Gasteiger charge is -1.98. The Kier molecular flexibility index (Phi) is 2.00. The summed E-state index contributed by atoms with van der Waals surface area (Å²) in [6.45, 7) is 0. The van der Waals surface area contributed by atoms with Gasteiger partial charge in [0.2, 0.25) is 0 Å². The lowest BCUT2D eigenvalue weighted by Crippen LogP contribution is -1.81. The zero-order valence-electron chi connectivity index (χ0n) is 9.94. The Labute approximate surface area is 108 Å². The highest BCUT2D eigenvalue weighted by Crippen LogP contribution is 2.27. The Hall–Kier alpha value is -2.62. The van der Waals surface area contributed by atoms with Crippen molar-refractivity contribution in [2.75, 3.05) is 0 Å². The Morgan fingerprint density at radius 3 is 2.89 bits per heavy atom. The molecule has 4 heteroatoms. The molecule has 2 aromatic heterocycles. The van der Waals surface area contributed by atoms with Gasteiger partial charge < -0.3 is 9.97 Å². The molecule has 0 saturated carbocycles. The first-order valence-corrected chi connectivity index (χ1v) is 6.03. The number of H-pyrrole nitrogens is 2. The molecule has 0 saturated heterocycles. The Morgan fingerprint density at radius 2 is 1.95 bits per heavy atom. The predicted octanol–water partition coefficient (Wildman–Crippen LogP) is 3.85. The van der Waals surface area contributed by atoms with Gasteiger partial charge in [-0.15, -0.1) is 0 Å². The van der Waals surface area contributed by atoms with E-state index < -0.39 is 0 Å². The summed E-state index contributed by atoms with van der Waals surface area (Å²) in [6, 6.07) is 12.6. The van der Waals surface area contributed by atoms with Crippen LogP contribution in [0.5, 0.6) is 0 Å². The van der Waals surface area contributed by atoms with Crippen molar-refractivity contribution in [3.8, 4) is 11.4 Å². The zero-order valence-corrected chi connectivity index (χ0v) is 9.94. The predicted molar refractivity (Wildman–Crippen MR) is 73.3 cm³/mol. The largest absolute Gasteiger partial charge is 0.361 e. The van der Waals surface area contributed by atoms with E-state index in [1.54, 1.807) is 6.07 Å². The summed E-state index contributed by atoms with van der Waals surface area (Å²) in [6.07, 6.45) is 1.90. The van der Waals surface area contributed by atoms with Gasteiger partial charge in [0.15, 0.2) is 0 Å². The molecule has 3 nitrogen and oxygen atoms in total. The highest BCUT2D eigenvalue weighted by Gasteiger charge is 2.09. The summed E-state index contributed by atoms with van der Waals surface area (Å²) in [5.41, 5.74) is 3.55. The number of benzene rings is 2. The molecule has 19 heavy (non-hydrogen) atoms. The van der Waals surface area contributed by atoms with Crippen molar-refractivity contribution in [3.05, 3.63) is 54.5 Å². The maximum Gasteiger partial charge on any atom is 0.139 e. The van der Waals surface area contributed by atoms with Crippen LogP contribution in [0.2, 0.25) is 0 Å². The Morgan fingerprint density at radius 1 is 1.00 bits per heavy atom. The third-order valence-corrected chi connectivity index (χ3v) is 3.29. The molecule has 0 aliphatic heterocycles. The summed E-state index contributed by atoms with van der Waals surface area (Å²) in [5.74, 6) is 0.494. The second kappa shape index (κ2) is 3.68. The average Bonchev–Trinajstić information content (AvgIpc) is 3.03. The second-order valence-corrected chi connectivity index (χ2v) is 4.49. The normalized spacial score (nSPS) is 11.4. The van der Waals surface area contributed by atoms with Crippen molar-refractivity contribution in [1.29, 1.82) is 0 Å². The van der Waals surface area contributed by atoms with Gasteiger partial charge >= 0.3 is 0 Å². The van der Waals surface area contributed by atoms with Gasteiger partial charge in [-0.1, -0.05) is 12.1 Å². The summed E-state index contributed by atoms with van der Waals surface area (Å²) in [7, 11) is 0. The molecule has 0 radical (unpaired) electrons. The van der Waals surface area contributed by atoms with E-state index in [1.807, 2.05) is 30.5 Å². The summed E-state index contributed by atoms with van der Waals surface area (Å²) in [5, 5.41) is 1.10. The Balaban J connectivity index is 2.01. The number of aromatic amines is 2. The smallest absolute Gasteiger partial charge is 0.139 e. The first-order valence-electron chi connectivity index (χ1n) is 6.03. The maximum absolute atomic E-state index is 13.2. The van der Waals surface area contributed by atoms with Gasteiger partial charge in [-0.2, -0.15) is 0 Å². The minimum Gasteiger partial charge on any atom is -0.361 e. The third kappa shape index (κ3) is 1.53. The number of hydrogen-bond donors (Lipinski definition) is 2. The van der Waals surface area contributed by atoms with Crippen LogP contribution in [-0.4, -0.2) is 15.0 Å². The molecule has 0 bridgehead atoms. The number of halogens is 1. The highest BCUT2D eigenvalue weighted by molar-refractivity contribution is 5.95. The molecule has 0 aliphatic rings.